The predicted molar refractivity (Wildman–Crippen MR) is 126 cm³/mol. The number of morpholine rings is 2. The normalized spacial score (nSPS) is 21.4. The fourth-order valence-electron chi connectivity index (χ4n) is 4.34. The first-order valence-corrected chi connectivity index (χ1v) is 11.4. The number of anilines is 3. The number of hydrogen-bond acceptors (Lipinski definition) is 8. The van der Waals surface area contributed by atoms with E-state index in [-0.39, 0.29) is 18.1 Å². The van der Waals surface area contributed by atoms with Crippen molar-refractivity contribution < 1.29 is 14.3 Å². The van der Waals surface area contributed by atoms with Gasteiger partial charge in [-0.2, -0.15) is 9.97 Å². The van der Waals surface area contributed by atoms with E-state index in [1.54, 1.807) is 0 Å². The van der Waals surface area contributed by atoms with Crippen LogP contribution in [-0.4, -0.2) is 77.0 Å². The molecule has 4 heterocycles. The van der Waals surface area contributed by atoms with Crippen LogP contribution in [0.5, 0.6) is 0 Å². The number of hydrogen-bond donors (Lipinski definition) is 1. The maximum Gasteiger partial charge on any atom is 0.241 e. The summed E-state index contributed by atoms with van der Waals surface area (Å²) in [7, 11) is 0. The van der Waals surface area contributed by atoms with Crippen LogP contribution < -0.4 is 15.1 Å². The monoisotopic (exact) mass is 451 g/mol. The zero-order valence-electron chi connectivity index (χ0n) is 19.2. The molecule has 1 N–H and O–H groups in total. The van der Waals surface area contributed by atoms with Crippen molar-refractivity contribution in [3.63, 3.8) is 0 Å². The van der Waals surface area contributed by atoms with E-state index in [0.717, 1.165) is 42.3 Å². The van der Waals surface area contributed by atoms with Crippen molar-refractivity contribution in [3.05, 3.63) is 30.3 Å². The quantitative estimate of drug-likeness (QED) is 0.645. The lowest BCUT2D eigenvalue weighted by atomic mass is 10.1. The Morgan fingerprint density at radius 1 is 1.03 bits per heavy atom. The number of ether oxygens (including phenoxy) is 2. The second-order valence-electron chi connectivity index (χ2n) is 8.43. The molecule has 3 aromatic rings. The van der Waals surface area contributed by atoms with Gasteiger partial charge in [0.1, 0.15) is 11.6 Å². The molecule has 2 fully saturated rings. The number of nitrogens with one attached hydrogen (secondary N) is 1. The van der Waals surface area contributed by atoms with Crippen molar-refractivity contribution in [1.82, 2.24) is 19.5 Å². The van der Waals surface area contributed by atoms with E-state index in [1.807, 2.05) is 34.9 Å². The highest BCUT2D eigenvalue weighted by Crippen LogP contribution is 2.29. The van der Waals surface area contributed by atoms with Crippen LogP contribution in [0.3, 0.4) is 0 Å². The van der Waals surface area contributed by atoms with Crippen LogP contribution >= 0.6 is 0 Å². The van der Waals surface area contributed by atoms with Gasteiger partial charge in [0.05, 0.1) is 43.0 Å². The highest BCUT2D eigenvalue weighted by atomic mass is 16.5. The molecule has 2 aromatic heterocycles. The van der Waals surface area contributed by atoms with Gasteiger partial charge in [-0.1, -0.05) is 12.1 Å². The van der Waals surface area contributed by atoms with Gasteiger partial charge in [-0.05, 0) is 26.0 Å². The van der Waals surface area contributed by atoms with Gasteiger partial charge >= 0.3 is 0 Å². The molecule has 2 aliphatic heterocycles. The highest BCUT2D eigenvalue weighted by molar-refractivity contribution is 5.90. The van der Waals surface area contributed by atoms with Crippen LogP contribution in [0.1, 0.15) is 20.8 Å². The molecule has 10 nitrogen and oxygen atoms in total. The molecule has 2 saturated heterocycles. The molecule has 2 atom stereocenters. The molecule has 10 heteroatoms. The molecule has 0 radical (unpaired) electrons. The van der Waals surface area contributed by atoms with Gasteiger partial charge in [0, 0.05) is 32.6 Å². The number of aromatic nitrogens is 4. The third kappa shape index (κ3) is 4.23. The Hall–Kier alpha value is -3.24. The van der Waals surface area contributed by atoms with Crippen LogP contribution in [0.25, 0.3) is 17.0 Å². The summed E-state index contributed by atoms with van der Waals surface area (Å²) in [6.07, 6.45) is 0.0908. The Kier molecular flexibility index (Phi) is 5.86. The second kappa shape index (κ2) is 8.95. The topological polar surface area (TPSA) is 97.6 Å². The van der Waals surface area contributed by atoms with Crippen molar-refractivity contribution in [3.8, 4) is 5.95 Å². The van der Waals surface area contributed by atoms with Gasteiger partial charge in [-0.15, -0.1) is 0 Å². The first kappa shape index (κ1) is 21.6. The van der Waals surface area contributed by atoms with E-state index in [9.17, 15) is 4.79 Å². The summed E-state index contributed by atoms with van der Waals surface area (Å²) in [5, 5.41) is 2.84. The smallest absolute Gasteiger partial charge is 0.241 e. The maximum absolute atomic E-state index is 11.9. The van der Waals surface area contributed by atoms with Gasteiger partial charge < -0.3 is 19.3 Å². The average molecular weight is 452 g/mol. The van der Waals surface area contributed by atoms with Gasteiger partial charge in [0.2, 0.25) is 17.8 Å². The standard InChI is InChI=1S/C23H29N7O3/c1-15-16(2)33-13-10-29(15)21-14-20(28-8-11-32-12-9-28)26-23(27-21)30-19-7-5-4-6-18(19)25-22(30)24-17(3)31/h4-7,14-16H,8-13H2,1-3H3,(H,24,25,31). The third-order valence-electron chi connectivity index (χ3n) is 6.25. The third-order valence-corrected chi connectivity index (χ3v) is 6.25. The Labute approximate surface area is 192 Å². The first-order valence-electron chi connectivity index (χ1n) is 11.4. The zero-order chi connectivity index (χ0) is 22.9. The molecule has 33 heavy (non-hydrogen) atoms. The van der Waals surface area contributed by atoms with Crippen LogP contribution in [0, 0.1) is 0 Å². The minimum Gasteiger partial charge on any atom is -0.378 e. The largest absolute Gasteiger partial charge is 0.378 e. The molecule has 0 spiro atoms. The average Bonchev–Trinajstić information content (AvgIpc) is 3.18. The number of carbonyl (C=O) groups excluding carboxylic acids is 1. The summed E-state index contributed by atoms with van der Waals surface area (Å²) >= 11 is 0. The summed E-state index contributed by atoms with van der Waals surface area (Å²) in [5.41, 5.74) is 1.59. The summed E-state index contributed by atoms with van der Waals surface area (Å²) in [6.45, 7) is 9.92. The molecular weight excluding hydrogens is 422 g/mol. The molecule has 2 unspecified atom stereocenters. The molecule has 5 rings (SSSR count). The Balaban J connectivity index is 1.68. The lowest BCUT2D eigenvalue weighted by Crippen LogP contribution is -2.49. The number of imidazole rings is 1. The SMILES string of the molecule is CC(=O)Nc1nc2ccccc2n1-c1nc(N2CCOCC2)cc(N2CCOC(C)C2C)n1. The molecule has 1 aromatic carbocycles. The molecule has 0 bridgehead atoms. The van der Waals surface area contributed by atoms with E-state index < -0.39 is 0 Å². The Morgan fingerprint density at radius 3 is 2.58 bits per heavy atom. The Morgan fingerprint density at radius 2 is 1.79 bits per heavy atom. The Bertz CT molecular complexity index is 1160. The summed E-state index contributed by atoms with van der Waals surface area (Å²) in [5.74, 6) is 2.33. The van der Waals surface area contributed by atoms with Crippen LogP contribution in [-0.2, 0) is 14.3 Å². The number of rotatable bonds is 4. The zero-order valence-corrected chi connectivity index (χ0v) is 19.2. The molecular formula is C23H29N7O3. The summed E-state index contributed by atoms with van der Waals surface area (Å²) in [4.78, 5) is 30.9. The van der Waals surface area contributed by atoms with Gasteiger partial charge in [-0.3, -0.25) is 10.1 Å². The van der Waals surface area contributed by atoms with Crippen molar-refractivity contribution in [2.24, 2.45) is 0 Å². The van der Waals surface area contributed by atoms with Gasteiger partial charge in [0.25, 0.3) is 0 Å². The van der Waals surface area contributed by atoms with Crippen LogP contribution in [0.2, 0.25) is 0 Å². The maximum atomic E-state index is 11.9. The number of fused-ring (bicyclic) bond motifs is 1. The van der Waals surface area contributed by atoms with Crippen molar-refractivity contribution in [2.75, 3.05) is 54.6 Å². The van der Waals surface area contributed by atoms with Crippen LogP contribution in [0.15, 0.2) is 30.3 Å². The van der Waals surface area contributed by atoms with E-state index >= 15 is 0 Å². The highest BCUT2D eigenvalue weighted by Gasteiger charge is 2.29. The summed E-state index contributed by atoms with van der Waals surface area (Å²) < 4.78 is 13.2. The molecule has 0 saturated carbocycles. The number of carbonyl (C=O) groups is 1. The number of benzene rings is 1. The second-order valence-corrected chi connectivity index (χ2v) is 8.43. The van der Waals surface area contributed by atoms with Crippen molar-refractivity contribution >= 4 is 34.5 Å². The lowest BCUT2D eigenvalue weighted by Gasteiger charge is -2.39. The number of para-hydroxylation sites is 2. The number of nitrogens with zero attached hydrogens (tertiary/aromatic N) is 6. The van der Waals surface area contributed by atoms with E-state index in [4.69, 9.17) is 19.4 Å². The number of amides is 1. The summed E-state index contributed by atoms with van der Waals surface area (Å²) in [6, 6.07) is 9.93. The van der Waals surface area contributed by atoms with E-state index in [2.05, 4.69) is 33.9 Å². The van der Waals surface area contributed by atoms with E-state index in [1.165, 1.54) is 6.92 Å². The van der Waals surface area contributed by atoms with Crippen molar-refractivity contribution in [1.29, 1.82) is 0 Å². The molecule has 174 valence electrons. The van der Waals surface area contributed by atoms with Crippen molar-refractivity contribution in [2.45, 2.75) is 32.9 Å². The minimum absolute atomic E-state index is 0.0908. The van der Waals surface area contributed by atoms with Gasteiger partial charge in [-0.25, -0.2) is 9.55 Å². The minimum atomic E-state index is -0.202. The lowest BCUT2D eigenvalue weighted by molar-refractivity contribution is -0.114. The van der Waals surface area contributed by atoms with Crippen LogP contribution in [0.4, 0.5) is 17.6 Å². The van der Waals surface area contributed by atoms with E-state index in [0.29, 0.717) is 31.7 Å². The fourth-order valence-corrected chi connectivity index (χ4v) is 4.34. The fraction of sp³-hybridized carbons (Fsp3) is 0.478. The van der Waals surface area contributed by atoms with Gasteiger partial charge in [0.15, 0.2) is 0 Å². The molecule has 2 aliphatic rings. The first-order chi connectivity index (χ1) is 16.0. The molecule has 0 aliphatic carbocycles. The predicted octanol–water partition coefficient (Wildman–Crippen LogP) is 2.22. The molecule has 1 amide bonds.